The number of anilines is 1. The number of aromatic nitrogens is 1. The molecule has 5 nitrogen and oxygen atoms in total. The molecule has 2 heterocycles. The third kappa shape index (κ3) is 3.79. The molecule has 0 bridgehead atoms. The standard InChI is InChI=1S/C23H18N2O3S/c26-22(16-7-6-10-18(13-16)27-17-8-2-1-3-9-17)28-19-14-25(15-19)23-24-20-11-4-5-12-21(20)29-23/h1-13,19H,14-15H2. The average molecular weight is 402 g/mol. The van der Waals surface area contributed by atoms with E-state index < -0.39 is 0 Å². The van der Waals surface area contributed by atoms with Crippen LogP contribution in [0.2, 0.25) is 0 Å². The number of hydrogen-bond donors (Lipinski definition) is 0. The lowest BCUT2D eigenvalue weighted by molar-refractivity contribution is 0.0234. The zero-order chi connectivity index (χ0) is 19.6. The van der Waals surface area contributed by atoms with E-state index in [1.165, 1.54) is 0 Å². The summed E-state index contributed by atoms with van der Waals surface area (Å²) in [7, 11) is 0. The molecular weight excluding hydrogens is 384 g/mol. The highest BCUT2D eigenvalue weighted by Gasteiger charge is 2.32. The van der Waals surface area contributed by atoms with Gasteiger partial charge in [-0.2, -0.15) is 0 Å². The summed E-state index contributed by atoms with van der Waals surface area (Å²) in [4.78, 5) is 19.3. The average Bonchev–Trinajstić information content (AvgIpc) is 3.14. The number of carbonyl (C=O) groups is 1. The third-order valence-corrected chi connectivity index (χ3v) is 5.82. The minimum absolute atomic E-state index is 0.131. The van der Waals surface area contributed by atoms with Crippen LogP contribution in [0.5, 0.6) is 11.5 Å². The van der Waals surface area contributed by atoms with E-state index in [9.17, 15) is 4.79 Å². The van der Waals surface area contributed by atoms with Gasteiger partial charge in [-0.15, -0.1) is 0 Å². The van der Waals surface area contributed by atoms with Crippen molar-refractivity contribution in [2.45, 2.75) is 6.10 Å². The first-order valence-corrected chi connectivity index (χ1v) is 10.2. The number of para-hydroxylation sites is 2. The van der Waals surface area contributed by atoms with Gasteiger partial charge in [-0.3, -0.25) is 0 Å². The fourth-order valence-corrected chi connectivity index (χ4v) is 4.18. The first kappa shape index (κ1) is 17.7. The van der Waals surface area contributed by atoms with Gasteiger partial charge in [0.2, 0.25) is 0 Å². The van der Waals surface area contributed by atoms with Gasteiger partial charge in [0, 0.05) is 0 Å². The molecule has 0 N–H and O–H groups in total. The predicted molar refractivity (Wildman–Crippen MR) is 114 cm³/mol. The molecule has 29 heavy (non-hydrogen) atoms. The molecular formula is C23H18N2O3S. The van der Waals surface area contributed by atoms with Crippen LogP contribution in [0.25, 0.3) is 10.2 Å². The number of fused-ring (bicyclic) bond motifs is 1. The normalized spacial score (nSPS) is 13.9. The molecule has 0 spiro atoms. The first-order chi connectivity index (χ1) is 14.2. The topological polar surface area (TPSA) is 51.7 Å². The molecule has 0 atom stereocenters. The van der Waals surface area contributed by atoms with Crippen LogP contribution in [0.4, 0.5) is 5.13 Å². The number of rotatable bonds is 5. The van der Waals surface area contributed by atoms with Crippen LogP contribution in [-0.2, 0) is 4.74 Å². The van der Waals surface area contributed by atoms with E-state index in [-0.39, 0.29) is 12.1 Å². The molecule has 0 radical (unpaired) electrons. The number of nitrogens with zero attached hydrogens (tertiary/aromatic N) is 2. The maximum Gasteiger partial charge on any atom is 0.338 e. The summed E-state index contributed by atoms with van der Waals surface area (Å²) < 4.78 is 12.6. The minimum Gasteiger partial charge on any atom is -0.457 e. The van der Waals surface area contributed by atoms with Crippen molar-refractivity contribution in [3.05, 3.63) is 84.4 Å². The van der Waals surface area contributed by atoms with Crippen LogP contribution in [0, 0.1) is 0 Å². The quantitative estimate of drug-likeness (QED) is 0.433. The molecule has 4 aromatic rings. The van der Waals surface area contributed by atoms with Gasteiger partial charge in [-0.25, -0.2) is 9.78 Å². The second-order valence-corrected chi connectivity index (χ2v) is 7.85. The van der Waals surface area contributed by atoms with Gasteiger partial charge in [0.15, 0.2) is 5.13 Å². The lowest BCUT2D eigenvalue weighted by atomic mass is 10.1. The number of hydrogen-bond acceptors (Lipinski definition) is 6. The molecule has 0 amide bonds. The van der Waals surface area contributed by atoms with Gasteiger partial charge >= 0.3 is 5.97 Å². The van der Waals surface area contributed by atoms with Gasteiger partial charge in [0.25, 0.3) is 0 Å². The molecule has 3 aromatic carbocycles. The van der Waals surface area contributed by atoms with Gasteiger partial charge in [0.1, 0.15) is 17.6 Å². The lowest BCUT2D eigenvalue weighted by Crippen LogP contribution is -2.53. The highest BCUT2D eigenvalue weighted by Crippen LogP contribution is 2.32. The maximum absolute atomic E-state index is 12.5. The summed E-state index contributed by atoms with van der Waals surface area (Å²) >= 11 is 1.66. The van der Waals surface area contributed by atoms with Gasteiger partial charge in [0.05, 0.1) is 28.9 Å². The second kappa shape index (κ2) is 7.56. The summed E-state index contributed by atoms with van der Waals surface area (Å²) in [5.41, 5.74) is 1.49. The number of benzene rings is 3. The van der Waals surface area contributed by atoms with E-state index in [0.717, 1.165) is 21.1 Å². The van der Waals surface area contributed by atoms with Gasteiger partial charge < -0.3 is 14.4 Å². The molecule has 1 aliphatic rings. The predicted octanol–water partition coefficient (Wildman–Crippen LogP) is 5.13. The summed E-state index contributed by atoms with van der Waals surface area (Å²) in [6.45, 7) is 1.32. The molecule has 0 aliphatic carbocycles. The maximum atomic E-state index is 12.5. The van der Waals surface area contributed by atoms with Crippen LogP contribution in [0.1, 0.15) is 10.4 Å². The van der Waals surface area contributed by atoms with Crippen LogP contribution in [-0.4, -0.2) is 30.1 Å². The third-order valence-electron chi connectivity index (χ3n) is 4.72. The Bertz CT molecular complexity index is 1120. The largest absolute Gasteiger partial charge is 0.457 e. The molecule has 144 valence electrons. The summed E-state index contributed by atoms with van der Waals surface area (Å²) in [5, 5.41) is 0.969. The van der Waals surface area contributed by atoms with E-state index >= 15 is 0 Å². The summed E-state index contributed by atoms with van der Waals surface area (Å²) in [6, 6.07) is 24.6. The van der Waals surface area contributed by atoms with Crippen LogP contribution in [0.15, 0.2) is 78.9 Å². The Morgan fingerprint density at radius 1 is 0.931 bits per heavy atom. The van der Waals surface area contributed by atoms with Crippen molar-refractivity contribution in [3.8, 4) is 11.5 Å². The number of ether oxygens (including phenoxy) is 2. The molecule has 0 unspecified atom stereocenters. The number of carbonyl (C=O) groups excluding carboxylic acids is 1. The zero-order valence-corrected chi connectivity index (χ0v) is 16.3. The van der Waals surface area contributed by atoms with E-state index in [0.29, 0.717) is 24.4 Å². The molecule has 1 aliphatic heterocycles. The Morgan fingerprint density at radius 2 is 1.69 bits per heavy atom. The monoisotopic (exact) mass is 402 g/mol. The van der Waals surface area contributed by atoms with Crippen molar-refractivity contribution in [1.82, 2.24) is 4.98 Å². The number of thiazole rings is 1. The Hall–Kier alpha value is -3.38. The highest BCUT2D eigenvalue weighted by atomic mass is 32.1. The van der Waals surface area contributed by atoms with Crippen molar-refractivity contribution < 1.29 is 14.3 Å². The van der Waals surface area contributed by atoms with Crippen molar-refractivity contribution in [3.63, 3.8) is 0 Å². The Labute approximate surface area is 172 Å². The Balaban J connectivity index is 1.20. The molecule has 1 fully saturated rings. The number of esters is 1. The summed E-state index contributed by atoms with van der Waals surface area (Å²) in [5.74, 6) is 0.997. The molecule has 0 saturated carbocycles. The fourth-order valence-electron chi connectivity index (χ4n) is 3.19. The van der Waals surface area contributed by atoms with E-state index in [1.54, 1.807) is 29.5 Å². The van der Waals surface area contributed by atoms with Gasteiger partial charge in [-0.05, 0) is 42.5 Å². The molecule has 5 rings (SSSR count). The smallest absolute Gasteiger partial charge is 0.338 e. The van der Waals surface area contributed by atoms with E-state index in [4.69, 9.17) is 9.47 Å². The second-order valence-electron chi connectivity index (χ2n) is 6.84. The molecule has 6 heteroatoms. The van der Waals surface area contributed by atoms with Crippen LogP contribution in [0.3, 0.4) is 0 Å². The summed E-state index contributed by atoms with van der Waals surface area (Å²) in [6.07, 6.45) is -0.131. The highest BCUT2D eigenvalue weighted by molar-refractivity contribution is 7.22. The molecule has 1 aromatic heterocycles. The van der Waals surface area contributed by atoms with Crippen molar-refractivity contribution in [2.24, 2.45) is 0 Å². The van der Waals surface area contributed by atoms with Crippen molar-refractivity contribution in [2.75, 3.05) is 18.0 Å². The SMILES string of the molecule is O=C(OC1CN(c2nc3ccccc3s2)C1)c1cccc(Oc2ccccc2)c1. The van der Waals surface area contributed by atoms with E-state index in [2.05, 4.69) is 16.0 Å². The lowest BCUT2D eigenvalue weighted by Gasteiger charge is -2.38. The first-order valence-electron chi connectivity index (χ1n) is 9.39. The fraction of sp³-hybridized carbons (Fsp3) is 0.130. The van der Waals surface area contributed by atoms with Crippen molar-refractivity contribution in [1.29, 1.82) is 0 Å². The Kier molecular flexibility index (Phi) is 4.62. The van der Waals surface area contributed by atoms with Crippen LogP contribution < -0.4 is 9.64 Å². The van der Waals surface area contributed by atoms with Gasteiger partial charge in [-0.1, -0.05) is 47.7 Å². The van der Waals surface area contributed by atoms with Crippen LogP contribution >= 0.6 is 11.3 Å². The Morgan fingerprint density at radius 3 is 2.52 bits per heavy atom. The molecule has 1 saturated heterocycles. The van der Waals surface area contributed by atoms with Crippen molar-refractivity contribution >= 4 is 32.7 Å². The minimum atomic E-state index is -0.336. The van der Waals surface area contributed by atoms with E-state index in [1.807, 2.05) is 54.6 Å². The zero-order valence-electron chi connectivity index (χ0n) is 15.5.